The zero-order valence-corrected chi connectivity index (χ0v) is 10.7. The Bertz CT molecular complexity index is 378. The smallest absolute Gasteiger partial charge is 0.129 e. The normalized spacial score (nSPS) is 17.5. The minimum Gasteiger partial charge on any atom is -0.324 e. The Hall–Kier alpha value is -0.310. The summed E-state index contributed by atoms with van der Waals surface area (Å²) >= 11 is 6.10. The van der Waals surface area contributed by atoms with Crippen LogP contribution in [0.3, 0.4) is 0 Å². The molecule has 0 amide bonds. The van der Waals surface area contributed by atoms with Crippen molar-refractivity contribution < 1.29 is 4.39 Å². The van der Waals surface area contributed by atoms with Crippen molar-refractivity contribution in [3.05, 3.63) is 34.1 Å². The molecule has 1 aromatic rings. The molecule has 0 spiro atoms. The third kappa shape index (κ3) is 2.34. The monoisotopic (exact) mass is 263 g/mol. The van der Waals surface area contributed by atoms with Gasteiger partial charge >= 0.3 is 0 Å². The first-order valence-electron chi connectivity index (χ1n) is 5.31. The van der Waals surface area contributed by atoms with Crippen molar-refractivity contribution in [2.75, 3.05) is 0 Å². The molecule has 90 valence electrons. The zero-order valence-electron chi connectivity index (χ0n) is 9.17. The molecule has 2 rings (SSSR count). The van der Waals surface area contributed by atoms with E-state index in [9.17, 15) is 4.39 Å². The Morgan fingerprint density at radius 3 is 2.56 bits per heavy atom. The summed E-state index contributed by atoms with van der Waals surface area (Å²) in [7, 11) is 0. The van der Waals surface area contributed by atoms with Crippen LogP contribution >= 0.6 is 24.0 Å². The minimum atomic E-state index is -0.273. The van der Waals surface area contributed by atoms with Gasteiger partial charge < -0.3 is 5.73 Å². The first kappa shape index (κ1) is 13.8. The number of hydrogen-bond acceptors (Lipinski definition) is 1. The number of nitrogens with two attached hydrogens (primary N) is 1. The second-order valence-electron chi connectivity index (χ2n) is 4.31. The summed E-state index contributed by atoms with van der Waals surface area (Å²) in [6.45, 7) is 1.87. The number of rotatable bonds is 2. The van der Waals surface area contributed by atoms with Crippen LogP contribution in [0.25, 0.3) is 0 Å². The van der Waals surface area contributed by atoms with Crippen LogP contribution in [0.5, 0.6) is 0 Å². The van der Waals surface area contributed by atoms with Crippen LogP contribution in [-0.4, -0.2) is 0 Å². The van der Waals surface area contributed by atoms with Gasteiger partial charge in [0.2, 0.25) is 0 Å². The fourth-order valence-corrected chi connectivity index (χ4v) is 2.30. The third-order valence-corrected chi connectivity index (χ3v) is 3.81. The topological polar surface area (TPSA) is 26.0 Å². The second-order valence-corrected chi connectivity index (χ2v) is 4.69. The summed E-state index contributed by atoms with van der Waals surface area (Å²) in [5, 5.41) is 0.495. The Morgan fingerprint density at radius 1 is 1.44 bits per heavy atom. The number of benzene rings is 1. The Labute approximate surface area is 107 Å². The van der Waals surface area contributed by atoms with Gasteiger partial charge in [0.25, 0.3) is 0 Å². The highest BCUT2D eigenvalue weighted by atomic mass is 35.5. The molecule has 0 heterocycles. The molecule has 1 aromatic carbocycles. The Morgan fingerprint density at radius 2 is 2.06 bits per heavy atom. The van der Waals surface area contributed by atoms with Crippen molar-refractivity contribution in [1.82, 2.24) is 0 Å². The molecule has 1 fully saturated rings. The summed E-state index contributed by atoms with van der Waals surface area (Å²) in [6.07, 6.45) is 3.37. The average molecular weight is 264 g/mol. The molecule has 0 unspecified atom stereocenters. The fourth-order valence-electron chi connectivity index (χ4n) is 2.02. The summed E-state index contributed by atoms with van der Waals surface area (Å²) in [6, 6.07) is 2.90. The minimum absolute atomic E-state index is 0. The van der Waals surface area contributed by atoms with E-state index in [-0.39, 0.29) is 24.3 Å². The quantitative estimate of drug-likeness (QED) is 0.858. The molecule has 1 aliphatic carbocycles. The first-order chi connectivity index (χ1) is 7.11. The van der Waals surface area contributed by atoms with Crippen LogP contribution in [0.2, 0.25) is 5.02 Å². The van der Waals surface area contributed by atoms with E-state index >= 15 is 0 Å². The number of halogens is 3. The molecule has 16 heavy (non-hydrogen) atoms. The lowest BCUT2D eigenvalue weighted by molar-refractivity contribution is 0.260. The molecule has 0 aromatic heterocycles. The summed E-state index contributed by atoms with van der Waals surface area (Å²) in [5.41, 5.74) is 7.44. The molecule has 1 atom stereocenters. The largest absolute Gasteiger partial charge is 0.324 e. The maximum atomic E-state index is 13.6. The average Bonchev–Trinajstić information content (AvgIpc) is 2.09. The van der Waals surface area contributed by atoms with Crippen LogP contribution in [0.1, 0.15) is 36.4 Å². The lowest BCUT2D eigenvalue weighted by Crippen LogP contribution is -2.28. The summed E-state index contributed by atoms with van der Waals surface area (Å²) in [5.74, 6) is 0.129. The fraction of sp³-hybridized carbons (Fsp3) is 0.500. The summed E-state index contributed by atoms with van der Waals surface area (Å²) in [4.78, 5) is 0. The van der Waals surface area contributed by atoms with E-state index < -0.39 is 0 Å². The maximum Gasteiger partial charge on any atom is 0.129 e. The molecule has 4 heteroatoms. The van der Waals surface area contributed by atoms with E-state index in [0.29, 0.717) is 16.5 Å². The van der Waals surface area contributed by atoms with E-state index in [4.69, 9.17) is 17.3 Å². The highest BCUT2D eigenvalue weighted by Gasteiger charge is 2.29. The third-order valence-electron chi connectivity index (χ3n) is 3.31. The standard InChI is InChI=1S/C12H15ClFN.ClH/c1-7-5-6-9(14)10(11(7)13)12(15)8-3-2-4-8;/h5-6,8,12H,2-4,15H2,1H3;1H/t12-;/m1./s1. The van der Waals surface area contributed by atoms with Gasteiger partial charge in [-0.05, 0) is 37.3 Å². The predicted octanol–water partition coefficient (Wildman–Crippen LogP) is 4.01. The van der Waals surface area contributed by atoms with E-state index in [0.717, 1.165) is 18.4 Å². The lowest BCUT2D eigenvalue weighted by Gasteiger charge is -2.32. The molecular weight excluding hydrogens is 248 g/mol. The predicted molar refractivity (Wildman–Crippen MR) is 67.7 cm³/mol. The van der Waals surface area contributed by atoms with Crippen LogP contribution in [0, 0.1) is 18.7 Å². The van der Waals surface area contributed by atoms with Gasteiger partial charge in [-0.15, -0.1) is 12.4 Å². The number of aryl methyl sites for hydroxylation is 1. The molecule has 0 bridgehead atoms. The first-order valence-corrected chi connectivity index (χ1v) is 5.69. The van der Waals surface area contributed by atoms with E-state index in [1.807, 2.05) is 6.92 Å². The van der Waals surface area contributed by atoms with Crippen molar-refractivity contribution in [2.45, 2.75) is 32.2 Å². The van der Waals surface area contributed by atoms with Gasteiger partial charge in [0, 0.05) is 11.6 Å². The van der Waals surface area contributed by atoms with Crippen LogP contribution in [0.4, 0.5) is 4.39 Å². The molecule has 2 N–H and O–H groups in total. The Balaban J connectivity index is 0.00000128. The van der Waals surface area contributed by atoms with Gasteiger partial charge in [0.15, 0.2) is 0 Å². The van der Waals surface area contributed by atoms with E-state index in [1.165, 1.54) is 12.5 Å². The molecule has 1 saturated carbocycles. The molecule has 1 aliphatic rings. The highest BCUT2D eigenvalue weighted by molar-refractivity contribution is 6.32. The summed E-state index contributed by atoms with van der Waals surface area (Å²) < 4.78 is 13.6. The van der Waals surface area contributed by atoms with Crippen molar-refractivity contribution in [2.24, 2.45) is 11.7 Å². The van der Waals surface area contributed by atoms with Gasteiger partial charge in [0.05, 0.1) is 5.02 Å². The zero-order chi connectivity index (χ0) is 11.0. The van der Waals surface area contributed by atoms with Crippen molar-refractivity contribution in [1.29, 1.82) is 0 Å². The maximum absolute atomic E-state index is 13.6. The van der Waals surface area contributed by atoms with Crippen molar-refractivity contribution >= 4 is 24.0 Å². The highest BCUT2D eigenvalue weighted by Crippen LogP contribution is 2.40. The van der Waals surface area contributed by atoms with Gasteiger partial charge in [-0.25, -0.2) is 4.39 Å². The van der Waals surface area contributed by atoms with Crippen molar-refractivity contribution in [3.63, 3.8) is 0 Å². The molecular formula is C12H16Cl2FN. The van der Waals surface area contributed by atoms with Crippen LogP contribution in [0.15, 0.2) is 12.1 Å². The molecule has 0 saturated heterocycles. The van der Waals surface area contributed by atoms with E-state index in [1.54, 1.807) is 6.07 Å². The van der Waals surface area contributed by atoms with Gasteiger partial charge in [-0.1, -0.05) is 24.1 Å². The Kier molecular flexibility index (Phi) is 4.60. The van der Waals surface area contributed by atoms with Gasteiger partial charge in [-0.2, -0.15) is 0 Å². The molecule has 0 aliphatic heterocycles. The lowest BCUT2D eigenvalue weighted by atomic mass is 9.77. The van der Waals surface area contributed by atoms with Crippen LogP contribution < -0.4 is 5.73 Å². The van der Waals surface area contributed by atoms with E-state index in [2.05, 4.69) is 0 Å². The second kappa shape index (κ2) is 5.35. The van der Waals surface area contributed by atoms with Crippen LogP contribution in [-0.2, 0) is 0 Å². The molecule has 1 nitrogen and oxygen atoms in total. The van der Waals surface area contributed by atoms with Gasteiger partial charge in [-0.3, -0.25) is 0 Å². The molecule has 0 radical (unpaired) electrons. The SMILES string of the molecule is Cc1ccc(F)c([C@H](N)C2CCC2)c1Cl.Cl. The van der Waals surface area contributed by atoms with Crippen molar-refractivity contribution in [3.8, 4) is 0 Å². The van der Waals surface area contributed by atoms with Gasteiger partial charge in [0.1, 0.15) is 5.82 Å². The number of hydrogen-bond donors (Lipinski definition) is 1.